The average Bonchev–Trinajstić information content (AvgIpc) is 2.44. The highest BCUT2D eigenvalue weighted by atomic mass is 16.4. The molecule has 0 aliphatic carbocycles. The Morgan fingerprint density at radius 1 is 0.917 bits per heavy atom. The molecule has 0 fully saturated rings. The number of nitrogens with one attached hydrogen (secondary N) is 1. The van der Waals surface area contributed by atoms with E-state index in [-0.39, 0.29) is 16.4 Å². The molecule has 0 bridgehead atoms. The van der Waals surface area contributed by atoms with Crippen LogP contribution >= 0.6 is 0 Å². The highest BCUT2D eigenvalue weighted by Gasteiger charge is 2.34. The molecule has 0 aliphatic heterocycles. The number of carbonyl (C=O) groups is 2. The van der Waals surface area contributed by atoms with Crippen LogP contribution in [0.15, 0.2) is 0 Å². The standard InChI is InChI=1S/C19H38N2O3/c1-6-8-9-10-11-12-13-15-17(22)20-16(14-7-2)18(19(23)24)21(3,4)5/h16,18H,6-15H2,1-5H3,(H-,20,22,23,24). The number of likely N-dealkylation sites (N-methyl/N-ethyl adjacent to an activating group) is 1. The van der Waals surface area contributed by atoms with Gasteiger partial charge in [0.1, 0.15) is 12.0 Å². The molecule has 1 amide bonds. The Kier molecular flexibility index (Phi) is 11.7. The van der Waals surface area contributed by atoms with Gasteiger partial charge in [-0.25, -0.2) is 0 Å². The van der Waals surface area contributed by atoms with Crippen molar-refractivity contribution < 1.29 is 19.2 Å². The molecule has 0 spiro atoms. The Morgan fingerprint density at radius 2 is 1.46 bits per heavy atom. The SMILES string of the molecule is CCCCCCCCCC(=O)NC(CCC)C(C(=O)[O-])[N+](C)(C)C. The number of rotatable bonds is 14. The van der Waals surface area contributed by atoms with Gasteiger partial charge in [-0.05, 0) is 12.8 Å². The summed E-state index contributed by atoms with van der Waals surface area (Å²) in [6, 6.07) is -1.11. The van der Waals surface area contributed by atoms with Crippen LogP contribution in [0.1, 0.15) is 78.1 Å². The van der Waals surface area contributed by atoms with E-state index in [0.29, 0.717) is 12.8 Å². The third-order valence-corrected chi connectivity index (χ3v) is 4.41. The lowest BCUT2D eigenvalue weighted by atomic mass is 10.00. The zero-order valence-corrected chi connectivity index (χ0v) is 16.4. The number of carboxylic acid groups (broad SMARTS) is 1. The van der Waals surface area contributed by atoms with Crippen molar-refractivity contribution >= 4 is 11.9 Å². The minimum absolute atomic E-state index is 0.0401. The largest absolute Gasteiger partial charge is 0.544 e. The van der Waals surface area contributed by atoms with Gasteiger partial charge < -0.3 is 19.7 Å². The van der Waals surface area contributed by atoms with Gasteiger partial charge in [0.25, 0.3) is 0 Å². The maximum absolute atomic E-state index is 12.2. The van der Waals surface area contributed by atoms with Crippen molar-refractivity contribution in [3.63, 3.8) is 0 Å². The molecular formula is C19H38N2O3. The van der Waals surface area contributed by atoms with E-state index in [0.717, 1.165) is 19.3 Å². The third kappa shape index (κ3) is 9.91. The number of hydrogen-bond acceptors (Lipinski definition) is 3. The van der Waals surface area contributed by atoms with E-state index >= 15 is 0 Å². The molecule has 5 nitrogen and oxygen atoms in total. The molecule has 0 aromatic rings. The molecule has 0 aliphatic rings. The van der Waals surface area contributed by atoms with Crippen LogP contribution < -0.4 is 10.4 Å². The summed E-state index contributed by atoms with van der Waals surface area (Å²) in [5, 5.41) is 14.5. The number of amides is 1. The maximum Gasteiger partial charge on any atom is 0.220 e. The number of hydrogen-bond donors (Lipinski definition) is 1. The van der Waals surface area contributed by atoms with E-state index in [1.165, 1.54) is 32.1 Å². The van der Waals surface area contributed by atoms with Crippen LogP contribution in [0.4, 0.5) is 0 Å². The van der Waals surface area contributed by atoms with Crippen molar-refractivity contribution in [3.05, 3.63) is 0 Å². The van der Waals surface area contributed by atoms with E-state index in [1.807, 2.05) is 28.1 Å². The summed E-state index contributed by atoms with van der Waals surface area (Å²) in [4.78, 5) is 23.7. The molecule has 0 radical (unpaired) electrons. The number of carboxylic acids is 1. The summed E-state index contributed by atoms with van der Waals surface area (Å²) < 4.78 is 0.241. The molecule has 0 saturated heterocycles. The zero-order valence-electron chi connectivity index (χ0n) is 16.4. The molecule has 2 atom stereocenters. The molecule has 0 saturated carbocycles. The quantitative estimate of drug-likeness (QED) is 0.389. The van der Waals surface area contributed by atoms with Crippen LogP contribution in [-0.4, -0.2) is 49.6 Å². The Labute approximate surface area is 148 Å². The van der Waals surface area contributed by atoms with Gasteiger partial charge in [-0.2, -0.15) is 0 Å². The molecule has 0 rings (SSSR count). The summed E-state index contributed by atoms with van der Waals surface area (Å²) >= 11 is 0. The third-order valence-electron chi connectivity index (χ3n) is 4.41. The summed E-state index contributed by atoms with van der Waals surface area (Å²) in [6.45, 7) is 4.20. The van der Waals surface area contributed by atoms with Gasteiger partial charge >= 0.3 is 0 Å². The monoisotopic (exact) mass is 342 g/mol. The first-order valence-corrected chi connectivity index (χ1v) is 9.55. The fourth-order valence-corrected chi connectivity index (χ4v) is 3.16. The Morgan fingerprint density at radius 3 is 1.92 bits per heavy atom. The van der Waals surface area contributed by atoms with Crippen molar-refractivity contribution in [2.75, 3.05) is 21.1 Å². The van der Waals surface area contributed by atoms with Crippen molar-refractivity contribution in [2.45, 2.75) is 90.1 Å². The van der Waals surface area contributed by atoms with E-state index in [4.69, 9.17) is 0 Å². The second-order valence-corrected chi connectivity index (χ2v) is 7.71. The van der Waals surface area contributed by atoms with Crippen molar-refractivity contribution in [3.8, 4) is 0 Å². The van der Waals surface area contributed by atoms with Crippen LogP contribution in [0, 0.1) is 0 Å². The topological polar surface area (TPSA) is 69.2 Å². The molecular weight excluding hydrogens is 304 g/mol. The lowest BCUT2D eigenvalue weighted by Gasteiger charge is -2.39. The van der Waals surface area contributed by atoms with E-state index < -0.39 is 12.0 Å². The van der Waals surface area contributed by atoms with Gasteiger partial charge in [0.15, 0.2) is 0 Å². The molecule has 24 heavy (non-hydrogen) atoms. The Hall–Kier alpha value is -1.10. The number of unbranched alkanes of at least 4 members (excludes halogenated alkanes) is 6. The van der Waals surface area contributed by atoms with Crippen molar-refractivity contribution in [1.29, 1.82) is 0 Å². The summed E-state index contributed by atoms with van der Waals surface area (Å²) in [5.41, 5.74) is 0. The fraction of sp³-hybridized carbons (Fsp3) is 0.895. The lowest BCUT2D eigenvalue weighted by molar-refractivity contribution is -0.890. The average molecular weight is 343 g/mol. The normalized spacial score (nSPS) is 14.2. The molecule has 5 heteroatoms. The minimum atomic E-state index is -1.10. The van der Waals surface area contributed by atoms with Crippen LogP contribution in [0.2, 0.25) is 0 Å². The van der Waals surface area contributed by atoms with E-state index in [2.05, 4.69) is 12.2 Å². The number of nitrogens with zero attached hydrogens (tertiary/aromatic N) is 1. The first kappa shape index (κ1) is 22.9. The Balaban J connectivity index is 4.35. The van der Waals surface area contributed by atoms with Crippen LogP contribution in [0.25, 0.3) is 0 Å². The lowest BCUT2D eigenvalue weighted by Crippen LogP contribution is -2.64. The minimum Gasteiger partial charge on any atom is -0.544 e. The van der Waals surface area contributed by atoms with Gasteiger partial charge in [-0.15, -0.1) is 0 Å². The first-order valence-electron chi connectivity index (χ1n) is 9.55. The van der Waals surface area contributed by atoms with E-state index in [1.54, 1.807) is 0 Å². The molecule has 2 unspecified atom stereocenters. The van der Waals surface area contributed by atoms with Gasteiger partial charge in [0.2, 0.25) is 5.91 Å². The highest BCUT2D eigenvalue weighted by molar-refractivity contribution is 5.78. The molecule has 1 N–H and O–H groups in total. The molecule has 0 heterocycles. The van der Waals surface area contributed by atoms with Gasteiger partial charge in [0, 0.05) is 6.42 Å². The summed E-state index contributed by atoms with van der Waals surface area (Å²) in [5.74, 6) is -1.14. The van der Waals surface area contributed by atoms with Crippen LogP contribution in [-0.2, 0) is 9.59 Å². The van der Waals surface area contributed by atoms with Crippen molar-refractivity contribution in [2.24, 2.45) is 0 Å². The van der Waals surface area contributed by atoms with Crippen LogP contribution in [0.3, 0.4) is 0 Å². The van der Waals surface area contributed by atoms with Crippen LogP contribution in [0.5, 0.6) is 0 Å². The zero-order chi connectivity index (χ0) is 18.6. The molecule has 0 aromatic heterocycles. The predicted octanol–water partition coefficient (Wildman–Crippen LogP) is 2.24. The van der Waals surface area contributed by atoms with Gasteiger partial charge in [-0.3, -0.25) is 4.79 Å². The number of aliphatic carboxylic acids is 1. The Bertz CT molecular complexity index is 364. The van der Waals surface area contributed by atoms with Gasteiger partial charge in [0.05, 0.1) is 27.2 Å². The van der Waals surface area contributed by atoms with E-state index in [9.17, 15) is 14.7 Å². The summed E-state index contributed by atoms with van der Waals surface area (Å²) in [6.07, 6.45) is 10.1. The van der Waals surface area contributed by atoms with Crippen molar-refractivity contribution in [1.82, 2.24) is 5.32 Å². The molecule has 0 aromatic carbocycles. The number of carbonyl (C=O) groups excluding carboxylic acids is 2. The second-order valence-electron chi connectivity index (χ2n) is 7.71. The first-order chi connectivity index (χ1) is 11.2. The number of quaternary nitrogens is 1. The highest BCUT2D eigenvalue weighted by Crippen LogP contribution is 2.14. The predicted molar refractivity (Wildman–Crippen MR) is 96.3 cm³/mol. The fourth-order valence-electron chi connectivity index (χ4n) is 3.16. The summed E-state index contributed by atoms with van der Waals surface area (Å²) in [7, 11) is 5.47. The molecule has 142 valence electrons. The second kappa shape index (κ2) is 12.3. The smallest absolute Gasteiger partial charge is 0.220 e. The van der Waals surface area contributed by atoms with Gasteiger partial charge in [-0.1, -0.05) is 58.8 Å². The maximum atomic E-state index is 12.2.